The van der Waals surface area contributed by atoms with Gasteiger partial charge < -0.3 is 15.4 Å². The molecule has 0 saturated carbocycles. The van der Waals surface area contributed by atoms with Gasteiger partial charge in [-0.1, -0.05) is 0 Å². The molecule has 5 nitrogen and oxygen atoms in total. The topological polar surface area (TPSA) is 74.2 Å². The highest BCUT2D eigenvalue weighted by atomic mass is 19.1. The van der Waals surface area contributed by atoms with Gasteiger partial charge in [-0.15, -0.1) is 0 Å². The fourth-order valence-corrected chi connectivity index (χ4v) is 1.52. The van der Waals surface area contributed by atoms with Gasteiger partial charge in [-0.25, -0.2) is 4.39 Å². The van der Waals surface area contributed by atoms with E-state index in [9.17, 15) is 9.18 Å². The van der Waals surface area contributed by atoms with E-state index in [0.29, 0.717) is 17.9 Å². The van der Waals surface area contributed by atoms with E-state index < -0.39 is 5.91 Å². The van der Waals surface area contributed by atoms with E-state index in [1.807, 2.05) is 20.8 Å². The van der Waals surface area contributed by atoms with E-state index in [-0.39, 0.29) is 24.5 Å². The van der Waals surface area contributed by atoms with Crippen molar-refractivity contribution in [1.29, 1.82) is 5.26 Å². The Labute approximate surface area is 124 Å². The lowest BCUT2D eigenvalue weighted by atomic mass is 10.1. The maximum absolute atomic E-state index is 13.3. The molecule has 114 valence electrons. The second-order valence-corrected chi connectivity index (χ2v) is 5.58. The van der Waals surface area contributed by atoms with Gasteiger partial charge in [0.2, 0.25) is 0 Å². The summed E-state index contributed by atoms with van der Waals surface area (Å²) in [4.78, 5) is 11.4. The summed E-state index contributed by atoms with van der Waals surface area (Å²) in [7, 11) is 0. The number of rotatable bonds is 6. The first kappa shape index (κ1) is 16.9. The van der Waals surface area contributed by atoms with Crippen LogP contribution in [0, 0.1) is 17.1 Å². The Morgan fingerprint density at radius 1 is 1.43 bits per heavy atom. The number of ether oxygens (including phenoxy) is 1. The lowest BCUT2D eigenvalue weighted by molar-refractivity contribution is -0.122. The summed E-state index contributed by atoms with van der Waals surface area (Å²) in [5, 5.41) is 14.0. The third-order valence-corrected chi connectivity index (χ3v) is 2.56. The zero-order valence-electron chi connectivity index (χ0n) is 12.5. The molecular formula is C15H20FN3O2. The zero-order chi connectivity index (χ0) is 15.9. The third kappa shape index (κ3) is 6.72. The summed E-state index contributed by atoms with van der Waals surface area (Å²) in [5.74, 6) is -0.308. The van der Waals surface area contributed by atoms with Crippen LogP contribution in [0.1, 0.15) is 26.3 Å². The summed E-state index contributed by atoms with van der Waals surface area (Å²) in [6, 6.07) is 5.96. The number of nitrogens with zero attached hydrogens (tertiary/aromatic N) is 1. The van der Waals surface area contributed by atoms with Gasteiger partial charge in [0.15, 0.2) is 6.61 Å². The van der Waals surface area contributed by atoms with E-state index in [0.717, 1.165) is 0 Å². The van der Waals surface area contributed by atoms with Crippen molar-refractivity contribution < 1.29 is 13.9 Å². The molecule has 1 aromatic carbocycles. The smallest absolute Gasteiger partial charge is 0.258 e. The molecule has 0 aliphatic rings. The minimum atomic E-state index is -0.393. The van der Waals surface area contributed by atoms with Crippen molar-refractivity contribution in [1.82, 2.24) is 10.6 Å². The summed E-state index contributed by atoms with van der Waals surface area (Å²) in [5.41, 5.74) is 0.520. The second-order valence-electron chi connectivity index (χ2n) is 5.58. The van der Waals surface area contributed by atoms with Crippen molar-refractivity contribution in [2.45, 2.75) is 32.9 Å². The molecule has 1 aromatic rings. The van der Waals surface area contributed by atoms with Crippen molar-refractivity contribution in [3.05, 3.63) is 29.6 Å². The lowest BCUT2D eigenvalue weighted by Crippen LogP contribution is -2.35. The molecule has 1 amide bonds. The van der Waals surface area contributed by atoms with Crippen molar-refractivity contribution >= 4 is 5.91 Å². The first-order chi connectivity index (χ1) is 9.81. The molecule has 1 rings (SSSR count). The predicted octanol–water partition coefficient (Wildman–Crippen LogP) is 1.73. The molecular weight excluding hydrogens is 273 g/mol. The number of nitriles is 1. The van der Waals surface area contributed by atoms with E-state index in [2.05, 4.69) is 10.6 Å². The average Bonchev–Trinajstić information content (AvgIpc) is 2.41. The van der Waals surface area contributed by atoms with Gasteiger partial charge >= 0.3 is 0 Å². The van der Waals surface area contributed by atoms with Crippen LogP contribution in [0.15, 0.2) is 18.2 Å². The quantitative estimate of drug-likeness (QED) is 0.783. The molecule has 21 heavy (non-hydrogen) atoms. The van der Waals surface area contributed by atoms with E-state index in [1.165, 1.54) is 18.2 Å². The molecule has 0 saturated heterocycles. The summed E-state index contributed by atoms with van der Waals surface area (Å²) in [6.07, 6.45) is 0. The highest BCUT2D eigenvalue weighted by Gasteiger charge is 2.12. The van der Waals surface area contributed by atoms with E-state index >= 15 is 0 Å². The lowest BCUT2D eigenvalue weighted by Gasteiger charge is -2.21. The fourth-order valence-electron chi connectivity index (χ4n) is 1.52. The van der Waals surface area contributed by atoms with Crippen LogP contribution < -0.4 is 15.4 Å². The second kappa shape index (κ2) is 7.60. The van der Waals surface area contributed by atoms with Crippen LogP contribution in [0.25, 0.3) is 0 Å². The molecule has 0 bridgehead atoms. The van der Waals surface area contributed by atoms with Gasteiger partial charge in [0.25, 0.3) is 5.91 Å². The minimum absolute atomic E-state index is 0.0654. The largest absolute Gasteiger partial charge is 0.483 e. The Morgan fingerprint density at radius 2 is 2.14 bits per heavy atom. The number of halogens is 1. The molecule has 0 aliphatic carbocycles. The zero-order valence-corrected chi connectivity index (χ0v) is 12.5. The first-order valence-corrected chi connectivity index (χ1v) is 6.62. The van der Waals surface area contributed by atoms with Gasteiger partial charge in [0, 0.05) is 17.6 Å². The maximum atomic E-state index is 13.3. The maximum Gasteiger partial charge on any atom is 0.258 e. The Hall–Kier alpha value is -2.13. The number of nitrogens with one attached hydrogen (secondary N) is 2. The van der Waals surface area contributed by atoms with Crippen molar-refractivity contribution in [2.75, 3.05) is 13.2 Å². The number of carbonyl (C=O) groups is 1. The SMILES string of the molecule is CC(C)(C)NCc1cc(F)ccc1OCC(=O)NCC#N. The molecule has 0 aliphatic heterocycles. The van der Waals surface area contributed by atoms with Gasteiger partial charge in [0.1, 0.15) is 18.1 Å². The Balaban J connectivity index is 2.68. The molecule has 0 unspecified atom stereocenters. The number of hydrogen-bond donors (Lipinski definition) is 2. The number of carbonyl (C=O) groups excluding carboxylic acids is 1. The van der Waals surface area contributed by atoms with Crippen LogP contribution in [-0.4, -0.2) is 24.6 Å². The molecule has 0 radical (unpaired) electrons. The average molecular weight is 293 g/mol. The standard InChI is InChI=1S/C15H20FN3O2/c1-15(2,3)19-9-11-8-12(16)4-5-13(11)21-10-14(20)18-7-6-17/h4-5,8,19H,7,9-10H2,1-3H3,(H,18,20). The normalized spacial score (nSPS) is 10.8. The van der Waals surface area contributed by atoms with Crippen LogP contribution >= 0.6 is 0 Å². The molecule has 0 aromatic heterocycles. The van der Waals surface area contributed by atoms with Crippen LogP contribution in [0.2, 0.25) is 0 Å². The summed E-state index contributed by atoms with van der Waals surface area (Å²) < 4.78 is 18.7. The molecule has 0 atom stereocenters. The number of benzene rings is 1. The third-order valence-electron chi connectivity index (χ3n) is 2.56. The Bertz CT molecular complexity index is 533. The highest BCUT2D eigenvalue weighted by Crippen LogP contribution is 2.20. The highest BCUT2D eigenvalue weighted by molar-refractivity contribution is 5.77. The fraction of sp³-hybridized carbons (Fsp3) is 0.467. The minimum Gasteiger partial charge on any atom is -0.483 e. The van der Waals surface area contributed by atoms with Gasteiger partial charge in [-0.2, -0.15) is 5.26 Å². The van der Waals surface area contributed by atoms with Crippen molar-refractivity contribution in [3.8, 4) is 11.8 Å². The summed E-state index contributed by atoms with van der Waals surface area (Å²) >= 11 is 0. The van der Waals surface area contributed by atoms with Gasteiger partial charge in [0.05, 0.1) is 6.07 Å². The van der Waals surface area contributed by atoms with Crippen LogP contribution in [0.5, 0.6) is 5.75 Å². The molecule has 0 heterocycles. The van der Waals surface area contributed by atoms with Crippen molar-refractivity contribution in [2.24, 2.45) is 0 Å². The van der Waals surface area contributed by atoms with E-state index in [4.69, 9.17) is 10.00 Å². The summed E-state index contributed by atoms with van der Waals surface area (Å²) in [6.45, 7) is 6.16. The van der Waals surface area contributed by atoms with E-state index in [1.54, 1.807) is 6.07 Å². The van der Waals surface area contributed by atoms with Crippen LogP contribution in [0.4, 0.5) is 4.39 Å². The van der Waals surface area contributed by atoms with Crippen LogP contribution in [-0.2, 0) is 11.3 Å². The monoisotopic (exact) mass is 293 g/mol. The van der Waals surface area contributed by atoms with Crippen molar-refractivity contribution in [3.63, 3.8) is 0 Å². The molecule has 0 fully saturated rings. The van der Waals surface area contributed by atoms with Gasteiger partial charge in [-0.05, 0) is 39.0 Å². The first-order valence-electron chi connectivity index (χ1n) is 6.62. The number of hydrogen-bond acceptors (Lipinski definition) is 4. The van der Waals surface area contributed by atoms with Gasteiger partial charge in [-0.3, -0.25) is 4.79 Å². The van der Waals surface area contributed by atoms with Crippen LogP contribution in [0.3, 0.4) is 0 Å². The predicted molar refractivity (Wildman–Crippen MR) is 77.1 cm³/mol. The molecule has 2 N–H and O–H groups in total. The molecule has 6 heteroatoms. The number of amides is 1. The Morgan fingerprint density at radius 3 is 2.76 bits per heavy atom. The molecule has 0 spiro atoms. The Kier molecular flexibility index (Phi) is 6.12.